The first kappa shape index (κ1) is 26.8. The van der Waals surface area contributed by atoms with Crippen molar-refractivity contribution in [2.24, 2.45) is 0 Å². The van der Waals surface area contributed by atoms with Crippen molar-refractivity contribution in [2.75, 3.05) is 0 Å². The van der Waals surface area contributed by atoms with Gasteiger partial charge in [0, 0.05) is 0 Å². The van der Waals surface area contributed by atoms with E-state index in [1.165, 1.54) is 65.7 Å². The van der Waals surface area contributed by atoms with Crippen LogP contribution < -0.4 is 12.4 Å². The Balaban J connectivity index is 2.44. The summed E-state index contributed by atoms with van der Waals surface area (Å²) in [5.41, 5.74) is 0.884. The fourth-order valence-corrected chi connectivity index (χ4v) is 23.7. The summed E-state index contributed by atoms with van der Waals surface area (Å²) in [5, 5.41) is 0.938. The predicted molar refractivity (Wildman–Crippen MR) is 135 cm³/mol. The molecule has 0 spiro atoms. The second-order valence-electron chi connectivity index (χ2n) is 8.47. The maximum atomic E-state index is 11.6. The summed E-state index contributed by atoms with van der Waals surface area (Å²) in [6, 6.07) is 5.32. The third-order valence-corrected chi connectivity index (χ3v) is 25.0. The van der Waals surface area contributed by atoms with Gasteiger partial charge in [0.25, 0.3) is 0 Å². The van der Waals surface area contributed by atoms with Crippen molar-refractivity contribution in [3.05, 3.63) is 24.4 Å². The monoisotopic (exact) mass is 567 g/mol. The number of benzene rings is 1. The van der Waals surface area contributed by atoms with Crippen LogP contribution in [0.3, 0.4) is 0 Å². The molecule has 32 heavy (non-hydrogen) atoms. The summed E-state index contributed by atoms with van der Waals surface area (Å²) in [5.74, 6) is -0.413. The number of thiazole rings is 1. The first-order valence-corrected chi connectivity index (χ1v) is 20.1. The average Bonchev–Trinajstić information content (AvgIpc) is 3.25. The number of esters is 2. The van der Waals surface area contributed by atoms with E-state index in [-0.39, 0.29) is 11.5 Å². The Kier molecular flexibility index (Phi) is 11.2. The molecule has 7 heteroatoms. The van der Waals surface area contributed by atoms with Crippen molar-refractivity contribution in [1.82, 2.24) is 4.98 Å². The van der Waals surface area contributed by atoms with Crippen molar-refractivity contribution >= 4 is 44.5 Å². The fraction of sp³-hybridized carbons (Fsp3) is 0.560. The van der Waals surface area contributed by atoms with E-state index in [0.717, 1.165) is 10.6 Å². The molecule has 0 unspecified atom stereocenters. The summed E-state index contributed by atoms with van der Waals surface area (Å²) < 4.78 is 16.3. The molecule has 0 saturated carbocycles. The van der Waals surface area contributed by atoms with Crippen molar-refractivity contribution in [2.45, 2.75) is 86.5 Å². The molecule has 0 saturated heterocycles. The molecule has 1 aromatic heterocycles. The molecule has 0 atom stereocenters. The molecule has 0 aliphatic carbocycles. The zero-order valence-corrected chi connectivity index (χ0v) is 23.8. The topological polar surface area (TPSA) is 65.5 Å². The first-order chi connectivity index (χ1) is 15.3. The fourth-order valence-electron chi connectivity index (χ4n) is 4.06. The van der Waals surface area contributed by atoms with Gasteiger partial charge >= 0.3 is 202 Å². The predicted octanol–water partition coefficient (Wildman–Crippen LogP) is 6.72. The number of hydrogen-bond acceptors (Lipinski definition) is 6. The van der Waals surface area contributed by atoms with Gasteiger partial charge in [-0.25, -0.2) is 0 Å². The van der Waals surface area contributed by atoms with E-state index in [4.69, 9.17) is 14.5 Å². The molecule has 1 heterocycles. The standard InChI is InChI=1S/C13H10NO4S.3C4H9.Sn/c1-8(15)17-11-4-3-10(13-14-5-6-19-13)7-12(11)18-9(2)16;3*1-3-4-2;/h3-5,7H,1-2H3;3*1,3-4H2,2H3;. The van der Waals surface area contributed by atoms with Crippen LogP contribution in [0, 0.1) is 0 Å². The van der Waals surface area contributed by atoms with Crippen molar-refractivity contribution in [3.63, 3.8) is 0 Å². The van der Waals surface area contributed by atoms with Gasteiger partial charge in [0.2, 0.25) is 0 Å². The summed E-state index contributed by atoms with van der Waals surface area (Å²) >= 11 is -0.710. The first-order valence-electron chi connectivity index (χ1n) is 11.8. The van der Waals surface area contributed by atoms with Crippen molar-refractivity contribution in [3.8, 4) is 22.1 Å². The summed E-state index contributed by atoms with van der Waals surface area (Å²) in [6.07, 6.45) is 9.80. The number of aromatic nitrogens is 1. The van der Waals surface area contributed by atoms with E-state index in [1.807, 2.05) is 17.4 Å². The van der Waals surface area contributed by atoms with Crippen LogP contribution in [0.15, 0.2) is 24.4 Å². The van der Waals surface area contributed by atoms with E-state index in [1.54, 1.807) is 15.0 Å². The molecule has 1 aromatic carbocycles. The van der Waals surface area contributed by atoms with Gasteiger partial charge in [0.1, 0.15) is 0 Å². The Hall–Kier alpha value is -1.41. The van der Waals surface area contributed by atoms with Crippen LogP contribution in [0.4, 0.5) is 0 Å². The maximum absolute atomic E-state index is 11.6. The number of carbonyl (C=O) groups is 2. The van der Waals surface area contributed by atoms with Crippen LogP contribution in [-0.4, -0.2) is 35.3 Å². The molecular formula is C25H37NO4SSn. The molecule has 0 fully saturated rings. The van der Waals surface area contributed by atoms with Gasteiger partial charge in [-0.15, -0.1) is 0 Å². The summed E-state index contributed by atoms with van der Waals surface area (Å²) in [4.78, 5) is 27.8. The van der Waals surface area contributed by atoms with Crippen LogP contribution in [0.2, 0.25) is 13.3 Å². The number of nitrogens with zero attached hydrogens (tertiary/aromatic N) is 1. The van der Waals surface area contributed by atoms with Gasteiger partial charge in [0.05, 0.1) is 0 Å². The normalized spacial score (nSPS) is 11.4. The number of hydrogen-bond donors (Lipinski definition) is 0. The van der Waals surface area contributed by atoms with Crippen LogP contribution in [0.1, 0.15) is 73.1 Å². The minimum atomic E-state index is -2.54. The molecule has 0 aliphatic rings. The van der Waals surface area contributed by atoms with E-state index in [0.29, 0.717) is 0 Å². The Morgan fingerprint density at radius 3 is 1.91 bits per heavy atom. The second-order valence-corrected chi connectivity index (χ2v) is 23.7. The van der Waals surface area contributed by atoms with E-state index in [2.05, 4.69) is 27.0 Å². The van der Waals surface area contributed by atoms with Gasteiger partial charge in [-0.3, -0.25) is 0 Å². The molecule has 0 radical (unpaired) electrons. The summed E-state index contributed by atoms with van der Waals surface area (Å²) in [6.45, 7) is 9.53. The molecule has 2 rings (SSSR count). The third kappa shape index (κ3) is 7.58. The quantitative estimate of drug-likeness (QED) is 0.153. The van der Waals surface area contributed by atoms with Crippen LogP contribution in [0.5, 0.6) is 11.5 Å². The minimum absolute atomic E-state index is 0.246. The van der Waals surface area contributed by atoms with Gasteiger partial charge in [-0.05, 0) is 0 Å². The van der Waals surface area contributed by atoms with Crippen LogP contribution in [0.25, 0.3) is 10.6 Å². The average molecular weight is 566 g/mol. The Morgan fingerprint density at radius 1 is 0.875 bits per heavy atom. The SMILES string of the molecule is CCC[CH2][Sn]([CH2]CCC)([CH2]CCC)[c]1cnc(-c2ccc(OC(C)=O)c(OC(C)=O)c2)s1. The molecule has 5 nitrogen and oxygen atoms in total. The zero-order valence-electron chi connectivity index (χ0n) is 20.2. The van der Waals surface area contributed by atoms with Gasteiger partial charge in [-0.2, -0.15) is 0 Å². The molecule has 176 valence electrons. The van der Waals surface area contributed by atoms with Crippen LogP contribution >= 0.6 is 11.3 Å². The molecule has 0 aliphatic heterocycles. The molecule has 0 amide bonds. The zero-order chi connectivity index (χ0) is 23.6. The number of ether oxygens (including phenoxy) is 2. The number of carbonyl (C=O) groups excluding carboxylic acids is 2. The Labute approximate surface area is 200 Å². The van der Waals surface area contributed by atoms with Crippen LogP contribution in [-0.2, 0) is 9.59 Å². The molecular weight excluding hydrogens is 529 g/mol. The van der Waals surface area contributed by atoms with Crippen molar-refractivity contribution in [1.29, 1.82) is 0 Å². The van der Waals surface area contributed by atoms with Gasteiger partial charge in [-0.1, -0.05) is 0 Å². The molecule has 0 N–H and O–H groups in total. The number of unbranched alkanes of at least 4 members (excludes halogenated alkanes) is 3. The van der Waals surface area contributed by atoms with E-state index >= 15 is 0 Å². The summed E-state index contributed by atoms with van der Waals surface area (Å²) in [7, 11) is 0. The Bertz CT molecular complexity index is 874. The van der Waals surface area contributed by atoms with Crippen molar-refractivity contribution < 1.29 is 19.1 Å². The van der Waals surface area contributed by atoms with E-state index < -0.39 is 30.3 Å². The second kappa shape index (κ2) is 13.3. The van der Waals surface area contributed by atoms with Gasteiger partial charge in [0.15, 0.2) is 0 Å². The number of rotatable bonds is 13. The van der Waals surface area contributed by atoms with E-state index in [9.17, 15) is 9.59 Å². The Morgan fingerprint density at radius 2 is 1.41 bits per heavy atom. The molecule has 0 bridgehead atoms. The van der Waals surface area contributed by atoms with Gasteiger partial charge < -0.3 is 0 Å². The third-order valence-electron chi connectivity index (χ3n) is 5.75. The molecule has 2 aromatic rings.